The summed E-state index contributed by atoms with van der Waals surface area (Å²) in [5.74, 6) is 0.406. The van der Waals surface area contributed by atoms with Crippen LogP contribution in [0.5, 0.6) is 5.75 Å². The van der Waals surface area contributed by atoms with E-state index in [2.05, 4.69) is 5.32 Å². The van der Waals surface area contributed by atoms with E-state index in [1.165, 1.54) is 23.5 Å². The van der Waals surface area contributed by atoms with Gasteiger partial charge in [0.15, 0.2) is 0 Å². The van der Waals surface area contributed by atoms with Crippen molar-refractivity contribution in [1.82, 2.24) is 14.5 Å². The zero-order valence-electron chi connectivity index (χ0n) is 15.6. The van der Waals surface area contributed by atoms with Crippen molar-refractivity contribution in [3.05, 3.63) is 24.3 Å². The second-order valence-corrected chi connectivity index (χ2v) is 8.68. The molecule has 0 aromatic heterocycles. The number of ether oxygens (including phenoxy) is 2. The van der Waals surface area contributed by atoms with Gasteiger partial charge in [-0.3, -0.25) is 4.79 Å². The fraction of sp³-hybridized carbons (Fsp3) is 0.611. The minimum Gasteiger partial charge on any atom is -0.497 e. The van der Waals surface area contributed by atoms with Crippen molar-refractivity contribution in [2.45, 2.75) is 23.8 Å². The number of nitrogens with zero attached hydrogens (tertiary/aromatic N) is 2. The molecule has 9 heteroatoms. The van der Waals surface area contributed by atoms with Gasteiger partial charge in [0, 0.05) is 39.3 Å². The maximum absolute atomic E-state index is 13.2. The van der Waals surface area contributed by atoms with Gasteiger partial charge in [0.25, 0.3) is 0 Å². The molecule has 0 aliphatic carbocycles. The number of benzene rings is 1. The van der Waals surface area contributed by atoms with Crippen LogP contribution < -0.4 is 10.1 Å². The lowest BCUT2D eigenvalue weighted by atomic mass is 10.2. The van der Waals surface area contributed by atoms with Crippen LogP contribution in [-0.4, -0.2) is 82.6 Å². The summed E-state index contributed by atoms with van der Waals surface area (Å²) in [6, 6.07) is 6.22. The molecule has 1 unspecified atom stereocenters. The lowest BCUT2D eigenvalue weighted by Crippen LogP contribution is -2.51. The Morgan fingerprint density at radius 3 is 2.59 bits per heavy atom. The summed E-state index contributed by atoms with van der Waals surface area (Å²) < 4.78 is 38.3. The number of methoxy groups -OCH3 is 1. The van der Waals surface area contributed by atoms with E-state index in [0.29, 0.717) is 25.4 Å². The van der Waals surface area contributed by atoms with Crippen LogP contribution in [0, 0.1) is 0 Å². The highest BCUT2D eigenvalue weighted by atomic mass is 32.2. The average Bonchev–Trinajstić information content (AvgIpc) is 3.21. The van der Waals surface area contributed by atoms with Crippen molar-refractivity contribution in [2.75, 3.05) is 53.0 Å². The Labute approximate surface area is 160 Å². The van der Waals surface area contributed by atoms with E-state index in [1.54, 1.807) is 17.0 Å². The summed E-state index contributed by atoms with van der Waals surface area (Å²) in [5.41, 5.74) is 0. The second-order valence-electron chi connectivity index (χ2n) is 6.74. The Bertz CT molecular complexity index is 726. The lowest BCUT2D eigenvalue weighted by molar-refractivity contribution is -0.132. The van der Waals surface area contributed by atoms with E-state index in [0.717, 1.165) is 25.9 Å². The van der Waals surface area contributed by atoms with E-state index in [4.69, 9.17) is 9.47 Å². The number of amides is 1. The number of carbonyl (C=O) groups is 1. The van der Waals surface area contributed by atoms with Crippen LogP contribution in [0.15, 0.2) is 29.2 Å². The van der Waals surface area contributed by atoms with Gasteiger partial charge in [-0.25, -0.2) is 8.42 Å². The summed E-state index contributed by atoms with van der Waals surface area (Å²) >= 11 is 0. The van der Waals surface area contributed by atoms with Gasteiger partial charge in [0.2, 0.25) is 15.9 Å². The Morgan fingerprint density at radius 1 is 1.30 bits per heavy atom. The number of hydrogen-bond acceptors (Lipinski definition) is 6. The van der Waals surface area contributed by atoms with Crippen molar-refractivity contribution >= 4 is 15.9 Å². The molecule has 2 fully saturated rings. The molecule has 150 valence electrons. The molecule has 2 aliphatic heterocycles. The minimum absolute atomic E-state index is 0.148. The van der Waals surface area contributed by atoms with Crippen molar-refractivity contribution in [3.63, 3.8) is 0 Å². The Kier molecular flexibility index (Phi) is 6.69. The topological polar surface area (TPSA) is 88.2 Å². The molecule has 0 bridgehead atoms. The fourth-order valence-electron chi connectivity index (χ4n) is 3.32. The number of hydrogen-bond donors (Lipinski definition) is 1. The molecule has 1 aromatic rings. The van der Waals surface area contributed by atoms with E-state index in [-0.39, 0.29) is 30.0 Å². The summed E-state index contributed by atoms with van der Waals surface area (Å²) in [6.07, 6.45) is 1.54. The van der Waals surface area contributed by atoms with E-state index < -0.39 is 10.0 Å². The molecule has 3 rings (SSSR count). The molecular formula is C18H27N3O5S. The van der Waals surface area contributed by atoms with Gasteiger partial charge < -0.3 is 19.7 Å². The summed E-state index contributed by atoms with van der Waals surface area (Å²) in [6.45, 7) is 3.28. The maximum Gasteiger partial charge on any atom is 0.243 e. The van der Waals surface area contributed by atoms with Gasteiger partial charge in [-0.1, -0.05) is 0 Å². The molecule has 0 radical (unpaired) electrons. The predicted molar refractivity (Wildman–Crippen MR) is 100 cm³/mol. The van der Waals surface area contributed by atoms with E-state index in [9.17, 15) is 13.2 Å². The molecule has 0 saturated carbocycles. The van der Waals surface area contributed by atoms with Gasteiger partial charge in [0.05, 0.1) is 24.7 Å². The van der Waals surface area contributed by atoms with Crippen LogP contribution >= 0.6 is 0 Å². The number of sulfonamides is 1. The smallest absolute Gasteiger partial charge is 0.243 e. The van der Waals surface area contributed by atoms with Gasteiger partial charge in [-0.15, -0.1) is 0 Å². The van der Waals surface area contributed by atoms with Crippen LogP contribution in [0.2, 0.25) is 0 Å². The van der Waals surface area contributed by atoms with Crippen LogP contribution in [0.1, 0.15) is 12.8 Å². The molecule has 2 saturated heterocycles. The quantitative estimate of drug-likeness (QED) is 0.712. The van der Waals surface area contributed by atoms with Crippen LogP contribution in [-0.2, 0) is 19.6 Å². The summed E-state index contributed by atoms with van der Waals surface area (Å²) in [7, 11) is -2.29. The molecule has 1 amide bonds. The van der Waals surface area contributed by atoms with Crippen LogP contribution in [0.3, 0.4) is 0 Å². The highest BCUT2D eigenvalue weighted by Crippen LogP contribution is 2.22. The zero-order valence-corrected chi connectivity index (χ0v) is 16.4. The van der Waals surface area contributed by atoms with Gasteiger partial charge >= 0.3 is 0 Å². The molecule has 27 heavy (non-hydrogen) atoms. The lowest BCUT2D eigenvalue weighted by Gasteiger charge is -2.31. The molecule has 1 atom stereocenters. The van der Waals surface area contributed by atoms with Gasteiger partial charge in [-0.2, -0.15) is 4.31 Å². The second kappa shape index (κ2) is 9.01. The SMILES string of the molecule is COc1ccc(S(=O)(=O)N(CC(=O)N2CCNCC2)CC2CCCO2)cc1. The first-order valence-corrected chi connectivity index (χ1v) is 10.7. The average molecular weight is 397 g/mol. The number of piperazine rings is 1. The minimum atomic E-state index is -3.81. The molecular weight excluding hydrogens is 370 g/mol. The fourth-order valence-corrected chi connectivity index (χ4v) is 4.75. The highest BCUT2D eigenvalue weighted by molar-refractivity contribution is 7.89. The van der Waals surface area contributed by atoms with Gasteiger partial charge in [-0.05, 0) is 37.1 Å². The third-order valence-corrected chi connectivity index (χ3v) is 6.74. The maximum atomic E-state index is 13.2. The Hall–Kier alpha value is -1.68. The largest absolute Gasteiger partial charge is 0.497 e. The Morgan fingerprint density at radius 2 is 2.00 bits per heavy atom. The van der Waals surface area contributed by atoms with Crippen LogP contribution in [0.4, 0.5) is 0 Å². The highest BCUT2D eigenvalue weighted by Gasteiger charge is 2.32. The van der Waals surface area contributed by atoms with Crippen molar-refractivity contribution in [2.24, 2.45) is 0 Å². The van der Waals surface area contributed by atoms with Crippen molar-refractivity contribution in [3.8, 4) is 5.75 Å². The zero-order chi connectivity index (χ0) is 19.3. The summed E-state index contributed by atoms with van der Waals surface area (Å²) in [4.78, 5) is 14.6. The number of carbonyl (C=O) groups excluding carboxylic acids is 1. The Balaban J connectivity index is 1.79. The third kappa shape index (κ3) is 4.98. The molecule has 8 nitrogen and oxygen atoms in total. The standard InChI is InChI=1S/C18H27N3O5S/c1-25-15-4-6-17(7-5-15)27(23,24)21(13-16-3-2-12-26-16)14-18(22)20-10-8-19-9-11-20/h4-7,16,19H,2-3,8-14H2,1H3. The predicted octanol–water partition coefficient (Wildman–Crippen LogP) is 0.297. The number of nitrogens with one attached hydrogen (secondary N) is 1. The molecule has 2 aliphatic rings. The molecule has 0 spiro atoms. The van der Waals surface area contributed by atoms with Crippen molar-refractivity contribution in [1.29, 1.82) is 0 Å². The molecule has 1 N–H and O–H groups in total. The van der Waals surface area contributed by atoms with Crippen LogP contribution in [0.25, 0.3) is 0 Å². The molecule has 2 heterocycles. The number of rotatable bonds is 7. The first-order chi connectivity index (χ1) is 13.0. The van der Waals surface area contributed by atoms with E-state index >= 15 is 0 Å². The molecule has 1 aromatic carbocycles. The van der Waals surface area contributed by atoms with E-state index in [1.807, 2.05) is 0 Å². The first-order valence-electron chi connectivity index (χ1n) is 9.25. The summed E-state index contributed by atoms with van der Waals surface area (Å²) in [5, 5.41) is 3.19. The monoisotopic (exact) mass is 397 g/mol. The first kappa shape index (κ1) is 20.1. The normalized spacial score (nSPS) is 20.8. The van der Waals surface area contributed by atoms with Gasteiger partial charge in [0.1, 0.15) is 5.75 Å². The van der Waals surface area contributed by atoms with Crippen molar-refractivity contribution < 1.29 is 22.7 Å². The third-order valence-electron chi connectivity index (χ3n) is 4.91.